The largest absolute Gasteiger partial charge is 0.496 e. The molecule has 0 aromatic heterocycles. The zero-order chi connectivity index (χ0) is 11.5. The van der Waals surface area contributed by atoms with E-state index in [-0.39, 0.29) is 0 Å². The van der Waals surface area contributed by atoms with Crippen molar-refractivity contribution >= 4 is 11.6 Å². The lowest BCUT2D eigenvalue weighted by atomic mass is 9.97. The molecule has 2 rings (SSSR count). The Balaban J connectivity index is 2.51. The minimum absolute atomic E-state index is 0.446. The smallest absolute Gasteiger partial charge is 0.243 e. The van der Waals surface area contributed by atoms with E-state index in [0.717, 1.165) is 35.5 Å². The average Bonchev–Trinajstić information content (AvgIpc) is 2.28. The van der Waals surface area contributed by atoms with E-state index in [2.05, 4.69) is 5.32 Å². The first kappa shape index (κ1) is 10.5. The molecule has 0 saturated carbocycles. The highest BCUT2D eigenvalue weighted by Crippen LogP contribution is 2.29. The van der Waals surface area contributed by atoms with Gasteiger partial charge in [-0.25, -0.2) is 0 Å². The van der Waals surface area contributed by atoms with Gasteiger partial charge in [0.15, 0.2) is 0 Å². The van der Waals surface area contributed by atoms with E-state index >= 15 is 0 Å². The van der Waals surface area contributed by atoms with E-state index in [0.29, 0.717) is 0 Å². The van der Waals surface area contributed by atoms with Gasteiger partial charge in [0, 0.05) is 29.4 Å². The number of amides is 1. The van der Waals surface area contributed by atoms with Gasteiger partial charge in [0.2, 0.25) is 5.91 Å². The van der Waals surface area contributed by atoms with E-state index in [1.165, 1.54) is 6.08 Å². The van der Waals surface area contributed by atoms with Gasteiger partial charge in [0.1, 0.15) is 5.75 Å². The van der Waals surface area contributed by atoms with E-state index in [1.54, 1.807) is 7.11 Å². The number of rotatable bonds is 2. The van der Waals surface area contributed by atoms with E-state index in [1.807, 2.05) is 18.2 Å². The third kappa shape index (κ3) is 1.86. The monoisotopic (exact) mass is 218 g/mol. The summed E-state index contributed by atoms with van der Waals surface area (Å²) in [6, 6.07) is 5.78. The third-order valence-electron chi connectivity index (χ3n) is 2.62. The molecule has 4 heteroatoms. The average molecular weight is 218 g/mol. The number of carbonyl (C=O) groups excluding carboxylic acids is 1. The van der Waals surface area contributed by atoms with Gasteiger partial charge in [-0.05, 0) is 12.5 Å². The molecule has 0 bridgehead atoms. The molecule has 16 heavy (non-hydrogen) atoms. The van der Waals surface area contributed by atoms with Gasteiger partial charge >= 0.3 is 0 Å². The minimum Gasteiger partial charge on any atom is -0.496 e. The molecule has 0 unspecified atom stereocenters. The van der Waals surface area contributed by atoms with Crippen molar-refractivity contribution in [3.05, 3.63) is 35.4 Å². The molecule has 1 heterocycles. The lowest BCUT2D eigenvalue weighted by molar-refractivity contribution is -0.113. The molecule has 0 fully saturated rings. The quantitative estimate of drug-likeness (QED) is 0.717. The summed E-state index contributed by atoms with van der Waals surface area (Å²) in [5, 5.41) is 3.16. The van der Waals surface area contributed by atoms with E-state index < -0.39 is 5.91 Å². The van der Waals surface area contributed by atoms with Crippen LogP contribution in [0.15, 0.2) is 24.3 Å². The summed E-state index contributed by atoms with van der Waals surface area (Å²) in [5.41, 5.74) is 8.05. The van der Waals surface area contributed by atoms with E-state index in [4.69, 9.17) is 10.5 Å². The molecule has 1 aromatic carbocycles. The van der Waals surface area contributed by atoms with Gasteiger partial charge in [-0.3, -0.25) is 4.79 Å². The van der Waals surface area contributed by atoms with Gasteiger partial charge in [-0.2, -0.15) is 0 Å². The molecule has 0 radical (unpaired) electrons. The van der Waals surface area contributed by atoms with Crippen LogP contribution in [0.2, 0.25) is 0 Å². The fourth-order valence-corrected chi connectivity index (χ4v) is 1.96. The predicted molar refractivity (Wildman–Crippen MR) is 61.9 cm³/mol. The van der Waals surface area contributed by atoms with Crippen LogP contribution >= 0.6 is 0 Å². The minimum atomic E-state index is -0.446. The van der Waals surface area contributed by atoms with Crippen LogP contribution < -0.4 is 15.8 Å². The number of primary amides is 1. The van der Waals surface area contributed by atoms with Gasteiger partial charge in [0.05, 0.1) is 7.11 Å². The summed E-state index contributed by atoms with van der Waals surface area (Å²) < 4.78 is 5.29. The maximum atomic E-state index is 10.9. The summed E-state index contributed by atoms with van der Waals surface area (Å²) in [4.78, 5) is 10.9. The zero-order valence-electron chi connectivity index (χ0n) is 9.12. The molecule has 0 saturated heterocycles. The van der Waals surface area contributed by atoms with Gasteiger partial charge in [0.25, 0.3) is 0 Å². The fraction of sp³-hybridized carbons (Fsp3) is 0.250. The molecule has 4 nitrogen and oxygen atoms in total. The predicted octanol–water partition coefficient (Wildman–Crippen LogP) is 0.667. The van der Waals surface area contributed by atoms with Crippen molar-refractivity contribution in [3.63, 3.8) is 0 Å². The number of carbonyl (C=O) groups is 1. The van der Waals surface area contributed by atoms with Crippen molar-refractivity contribution in [1.29, 1.82) is 0 Å². The van der Waals surface area contributed by atoms with Crippen LogP contribution in [0, 0.1) is 0 Å². The highest BCUT2D eigenvalue weighted by atomic mass is 16.5. The topological polar surface area (TPSA) is 64.3 Å². The second-order valence-corrected chi connectivity index (χ2v) is 3.62. The van der Waals surface area contributed by atoms with Gasteiger partial charge < -0.3 is 15.8 Å². The first-order valence-electron chi connectivity index (χ1n) is 5.13. The van der Waals surface area contributed by atoms with Crippen molar-refractivity contribution in [2.24, 2.45) is 5.73 Å². The Labute approximate surface area is 94.1 Å². The Morgan fingerprint density at radius 3 is 3.06 bits per heavy atom. The Morgan fingerprint density at radius 1 is 1.56 bits per heavy atom. The molecule has 1 aromatic rings. The number of ether oxygens (including phenoxy) is 1. The fourth-order valence-electron chi connectivity index (χ4n) is 1.96. The summed E-state index contributed by atoms with van der Waals surface area (Å²) in [6.45, 7) is 0.784. The normalized spacial score (nSPS) is 16.4. The zero-order valence-corrected chi connectivity index (χ0v) is 9.12. The SMILES string of the molecule is COc1cccc2c1CCN/C2=C\C(N)=O. The van der Waals surface area contributed by atoms with Gasteiger partial charge in [-0.15, -0.1) is 0 Å². The van der Waals surface area contributed by atoms with Gasteiger partial charge in [-0.1, -0.05) is 12.1 Å². The summed E-state index contributed by atoms with van der Waals surface area (Å²) in [6.07, 6.45) is 2.30. The first-order chi connectivity index (χ1) is 7.72. The standard InChI is InChI=1S/C12H14N2O2/c1-16-11-4-2-3-8-9(11)5-6-14-10(8)7-12(13)15/h2-4,7,14H,5-6H2,1H3,(H2,13,15)/b10-7-. The number of benzene rings is 1. The number of nitrogens with one attached hydrogen (secondary N) is 1. The number of hydrogen-bond acceptors (Lipinski definition) is 3. The van der Waals surface area contributed by atoms with Crippen LogP contribution in [0.4, 0.5) is 0 Å². The Bertz CT molecular complexity index is 452. The summed E-state index contributed by atoms with van der Waals surface area (Å²) in [5.74, 6) is 0.410. The molecule has 0 aliphatic carbocycles. The highest BCUT2D eigenvalue weighted by molar-refractivity contribution is 5.94. The summed E-state index contributed by atoms with van der Waals surface area (Å²) in [7, 11) is 1.65. The first-order valence-corrected chi connectivity index (χ1v) is 5.13. The van der Waals surface area contributed by atoms with Crippen LogP contribution in [0.25, 0.3) is 5.70 Å². The molecule has 1 aliphatic rings. The lowest BCUT2D eigenvalue weighted by Gasteiger charge is -2.22. The molecule has 84 valence electrons. The van der Waals surface area contributed by atoms with Crippen LogP contribution in [0.3, 0.4) is 0 Å². The Hall–Kier alpha value is -1.97. The number of hydrogen-bond donors (Lipinski definition) is 2. The lowest BCUT2D eigenvalue weighted by Crippen LogP contribution is -2.24. The molecule has 0 spiro atoms. The van der Waals surface area contributed by atoms with Crippen molar-refractivity contribution in [3.8, 4) is 5.75 Å². The maximum absolute atomic E-state index is 10.9. The van der Waals surface area contributed by atoms with Crippen LogP contribution in [-0.4, -0.2) is 19.6 Å². The molecule has 1 aliphatic heterocycles. The van der Waals surface area contributed by atoms with Crippen LogP contribution in [-0.2, 0) is 11.2 Å². The van der Waals surface area contributed by atoms with E-state index in [9.17, 15) is 4.79 Å². The molecule has 0 atom stereocenters. The molecule has 1 amide bonds. The number of methoxy groups -OCH3 is 1. The maximum Gasteiger partial charge on any atom is 0.243 e. The third-order valence-corrected chi connectivity index (χ3v) is 2.62. The molecular weight excluding hydrogens is 204 g/mol. The van der Waals surface area contributed by atoms with Crippen molar-refractivity contribution in [1.82, 2.24) is 5.32 Å². The Morgan fingerprint density at radius 2 is 2.38 bits per heavy atom. The number of nitrogens with two attached hydrogens (primary N) is 1. The molecule has 3 N–H and O–H groups in total. The molecular formula is C12H14N2O2. The second-order valence-electron chi connectivity index (χ2n) is 3.62. The Kier molecular flexibility index (Phi) is 2.81. The number of fused-ring (bicyclic) bond motifs is 1. The van der Waals surface area contributed by atoms with Crippen molar-refractivity contribution in [2.45, 2.75) is 6.42 Å². The van der Waals surface area contributed by atoms with Crippen molar-refractivity contribution in [2.75, 3.05) is 13.7 Å². The second kappa shape index (κ2) is 4.26. The highest BCUT2D eigenvalue weighted by Gasteiger charge is 2.17. The van der Waals surface area contributed by atoms with Crippen molar-refractivity contribution < 1.29 is 9.53 Å². The van der Waals surface area contributed by atoms with Crippen LogP contribution in [0.5, 0.6) is 5.75 Å². The van der Waals surface area contributed by atoms with Crippen LogP contribution in [0.1, 0.15) is 11.1 Å². The summed E-state index contributed by atoms with van der Waals surface area (Å²) >= 11 is 0.